The van der Waals surface area contributed by atoms with Gasteiger partial charge in [0, 0.05) is 28.4 Å². The molecule has 0 saturated carbocycles. The molecule has 1 amide bonds. The SMILES string of the molecule is NC(=O)c1ccc([C@@H]2CCCN2Cc2ccc(-c3csnn3)cc2)s1. The molecule has 1 fully saturated rings. The van der Waals surface area contributed by atoms with Gasteiger partial charge in [-0.15, -0.1) is 16.4 Å². The van der Waals surface area contributed by atoms with Crippen molar-refractivity contribution in [3.63, 3.8) is 0 Å². The molecule has 3 heterocycles. The van der Waals surface area contributed by atoms with Crippen LogP contribution in [0.5, 0.6) is 0 Å². The fourth-order valence-electron chi connectivity index (χ4n) is 3.31. The molecule has 4 rings (SSSR count). The molecule has 1 atom stereocenters. The number of carbonyl (C=O) groups excluding carboxylic acids is 1. The highest BCUT2D eigenvalue weighted by Gasteiger charge is 2.27. The lowest BCUT2D eigenvalue weighted by Crippen LogP contribution is -2.22. The van der Waals surface area contributed by atoms with Gasteiger partial charge in [0.05, 0.1) is 4.88 Å². The summed E-state index contributed by atoms with van der Waals surface area (Å²) < 4.78 is 3.91. The van der Waals surface area contributed by atoms with Crippen LogP contribution in [0.2, 0.25) is 0 Å². The first kappa shape index (κ1) is 16.4. The molecule has 0 bridgehead atoms. The van der Waals surface area contributed by atoms with Crippen molar-refractivity contribution >= 4 is 28.8 Å². The molecule has 7 heteroatoms. The quantitative estimate of drug-likeness (QED) is 0.743. The summed E-state index contributed by atoms with van der Waals surface area (Å²) in [5.41, 5.74) is 8.69. The first-order valence-corrected chi connectivity index (χ1v) is 9.86. The maximum absolute atomic E-state index is 11.3. The molecule has 1 aromatic carbocycles. The van der Waals surface area contributed by atoms with E-state index in [1.54, 1.807) is 0 Å². The van der Waals surface area contributed by atoms with Crippen LogP contribution in [0.1, 0.15) is 39.0 Å². The Balaban J connectivity index is 1.48. The minimum absolute atomic E-state index is 0.340. The Morgan fingerprint density at radius 1 is 1.24 bits per heavy atom. The minimum Gasteiger partial charge on any atom is -0.365 e. The third-order valence-electron chi connectivity index (χ3n) is 4.56. The molecule has 25 heavy (non-hydrogen) atoms. The largest absolute Gasteiger partial charge is 0.365 e. The summed E-state index contributed by atoms with van der Waals surface area (Å²) in [5.74, 6) is -0.340. The summed E-state index contributed by atoms with van der Waals surface area (Å²) in [6, 6.07) is 12.8. The van der Waals surface area contributed by atoms with Crippen LogP contribution in [-0.2, 0) is 6.54 Å². The van der Waals surface area contributed by atoms with Gasteiger partial charge in [-0.3, -0.25) is 9.69 Å². The second-order valence-electron chi connectivity index (χ2n) is 6.18. The average Bonchev–Trinajstić information content (AvgIpc) is 3.36. The molecule has 2 N–H and O–H groups in total. The molecule has 3 aromatic rings. The molecular weight excluding hydrogens is 352 g/mol. The summed E-state index contributed by atoms with van der Waals surface area (Å²) in [5, 5.41) is 6.07. The maximum Gasteiger partial charge on any atom is 0.258 e. The van der Waals surface area contributed by atoms with E-state index in [4.69, 9.17) is 5.73 Å². The van der Waals surface area contributed by atoms with Crippen LogP contribution in [0.4, 0.5) is 0 Å². The second kappa shape index (κ2) is 7.03. The number of nitrogens with zero attached hydrogens (tertiary/aromatic N) is 3. The predicted molar refractivity (Wildman–Crippen MR) is 101 cm³/mol. The first-order chi connectivity index (χ1) is 12.2. The molecule has 1 saturated heterocycles. The van der Waals surface area contributed by atoms with Crippen molar-refractivity contribution in [1.82, 2.24) is 14.5 Å². The first-order valence-electron chi connectivity index (χ1n) is 8.20. The van der Waals surface area contributed by atoms with Crippen molar-refractivity contribution < 1.29 is 4.79 Å². The van der Waals surface area contributed by atoms with Gasteiger partial charge in [0.25, 0.3) is 5.91 Å². The topological polar surface area (TPSA) is 72.1 Å². The van der Waals surface area contributed by atoms with E-state index in [1.807, 2.05) is 17.5 Å². The molecule has 1 aliphatic rings. The maximum atomic E-state index is 11.3. The van der Waals surface area contributed by atoms with Gasteiger partial charge in [-0.25, -0.2) is 0 Å². The predicted octanol–water partition coefficient (Wildman–Crippen LogP) is 3.70. The van der Waals surface area contributed by atoms with Crippen molar-refractivity contribution in [3.05, 3.63) is 57.1 Å². The lowest BCUT2D eigenvalue weighted by atomic mass is 10.1. The van der Waals surface area contributed by atoms with E-state index in [-0.39, 0.29) is 5.91 Å². The highest BCUT2D eigenvalue weighted by Crippen LogP contribution is 2.36. The molecule has 0 aliphatic carbocycles. The van der Waals surface area contributed by atoms with Gasteiger partial charge in [0.15, 0.2) is 0 Å². The van der Waals surface area contributed by atoms with Crippen LogP contribution < -0.4 is 5.73 Å². The van der Waals surface area contributed by atoms with Crippen LogP contribution in [0.15, 0.2) is 41.8 Å². The van der Waals surface area contributed by atoms with Crippen molar-refractivity contribution in [1.29, 1.82) is 0 Å². The number of amides is 1. The van der Waals surface area contributed by atoms with Crippen LogP contribution in [-0.4, -0.2) is 26.9 Å². The molecule has 5 nitrogen and oxygen atoms in total. The summed E-state index contributed by atoms with van der Waals surface area (Å²) in [7, 11) is 0. The molecule has 0 spiro atoms. The van der Waals surface area contributed by atoms with Gasteiger partial charge in [0.1, 0.15) is 5.69 Å². The Labute approximate surface area is 154 Å². The van der Waals surface area contributed by atoms with Crippen LogP contribution in [0.3, 0.4) is 0 Å². The van der Waals surface area contributed by atoms with Gasteiger partial charge >= 0.3 is 0 Å². The van der Waals surface area contributed by atoms with Gasteiger partial charge in [-0.05, 0) is 48.6 Å². The number of benzene rings is 1. The molecule has 1 aliphatic heterocycles. The Morgan fingerprint density at radius 3 is 2.76 bits per heavy atom. The van der Waals surface area contributed by atoms with Crippen molar-refractivity contribution in [2.75, 3.05) is 6.54 Å². The fourth-order valence-corrected chi connectivity index (χ4v) is 4.80. The van der Waals surface area contributed by atoms with E-state index in [2.05, 4.69) is 38.8 Å². The number of hydrogen-bond donors (Lipinski definition) is 1. The molecule has 0 unspecified atom stereocenters. The number of nitrogens with two attached hydrogens (primary N) is 1. The number of aromatic nitrogens is 2. The van der Waals surface area contributed by atoms with Gasteiger partial charge in [-0.2, -0.15) is 0 Å². The Morgan fingerprint density at radius 2 is 2.08 bits per heavy atom. The number of rotatable bonds is 5. The lowest BCUT2D eigenvalue weighted by Gasteiger charge is -2.23. The zero-order chi connectivity index (χ0) is 17.2. The number of carbonyl (C=O) groups is 1. The average molecular weight is 371 g/mol. The normalized spacial score (nSPS) is 17.8. The molecule has 2 aromatic heterocycles. The van der Waals surface area contributed by atoms with Crippen LogP contribution in [0, 0.1) is 0 Å². The van der Waals surface area contributed by atoms with Crippen molar-refractivity contribution in [2.45, 2.75) is 25.4 Å². The Hall–Kier alpha value is -2.09. The summed E-state index contributed by atoms with van der Waals surface area (Å²) in [4.78, 5) is 15.7. The Bertz CT molecular complexity index is 858. The smallest absolute Gasteiger partial charge is 0.258 e. The lowest BCUT2D eigenvalue weighted by molar-refractivity contribution is 0.100. The monoisotopic (exact) mass is 370 g/mol. The van der Waals surface area contributed by atoms with E-state index in [9.17, 15) is 4.79 Å². The van der Waals surface area contributed by atoms with E-state index < -0.39 is 0 Å². The molecular formula is C18H18N4OS2. The van der Waals surface area contributed by atoms with Crippen LogP contribution in [0.25, 0.3) is 11.3 Å². The highest BCUT2D eigenvalue weighted by atomic mass is 32.1. The summed E-state index contributed by atoms with van der Waals surface area (Å²) in [6.45, 7) is 1.98. The molecule has 0 radical (unpaired) electrons. The van der Waals surface area contributed by atoms with E-state index in [1.165, 1.54) is 39.7 Å². The summed E-state index contributed by atoms with van der Waals surface area (Å²) >= 11 is 2.89. The third-order valence-corrected chi connectivity index (χ3v) is 6.26. The second-order valence-corrected chi connectivity index (χ2v) is 7.91. The van der Waals surface area contributed by atoms with Crippen LogP contribution >= 0.6 is 22.9 Å². The number of likely N-dealkylation sites (tertiary alicyclic amines) is 1. The van der Waals surface area contributed by atoms with E-state index >= 15 is 0 Å². The van der Waals surface area contributed by atoms with E-state index in [0.717, 1.165) is 30.8 Å². The van der Waals surface area contributed by atoms with Gasteiger partial charge in [-0.1, -0.05) is 28.8 Å². The number of hydrogen-bond acceptors (Lipinski definition) is 6. The van der Waals surface area contributed by atoms with Crippen molar-refractivity contribution in [3.8, 4) is 11.3 Å². The highest BCUT2D eigenvalue weighted by molar-refractivity contribution is 7.14. The summed E-state index contributed by atoms with van der Waals surface area (Å²) in [6.07, 6.45) is 2.30. The number of thiophene rings is 1. The van der Waals surface area contributed by atoms with Gasteiger partial charge < -0.3 is 5.73 Å². The minimum atomic E-state index is -0.340. The Kier molecular flexibility index (Phi) is 4.61. The van der Waals surface area contributed by atoms with Gasteiger partial charge in [0.2, 0.25) is 0 Å². The standard InChI is InChI=1S/C18H18N4OS2/c19-18(23)17-8-7-16(25-17)15-2-1-9-22(15)10-12-3-5-13(6-4-12)14-11-24-21-20-14/h3-8,11,15H,1-2,9-10H2,(H2,19,23)/t15-/m0/s1. The zero-order valence-electron chi connectivity index (χ0n) is 13.6. The zero-order valence-corrected chi connectivity index (χ0v) is 15.2. The molecule has 128 valence electrons. The fraction of sp³-hybridized carbons (Fsp3) is 0.278. The number of primary amides is 1. The van der Waals surface area contributed by atoms with Crippen molar-refractivity contribution in [2.24, 2.45) is 5.73 Å². The van der Waals surface area contributed by atoms with E-state index in [0.29, 0.717) is 10.9 Å². The third kappa shape index (κ3) is 3.49.